The molecule has 20 heavy (non-hydrogen) atoms. The van der Waals surface area contributed by atoms with Crippen molar-refractivity contribution in [3.8, 4) is 0 Å². The summed E-state index contributed by atoms with van der Waals surface area (Å²) in [7, 11) is 0. The Labute approximate surface area is 131 Å². The topological polar surface area (TPSA) is 0 Å². The molecule has 0 unspecified atom stereocenters. The second kappa shape index (κ2) is 8.26. The Hall–Kier alpha value is -1.08. The van der Waals surface area contributed by atoms with Gasteiger partial charge in [0.1, 0.15) is 0 Å². The van der Waals surface area contributed by atoms with Crippen LogP contribution in [0.2, 0.25) is 0 Å². The molecule has 0 spiro atoms. The number of unbranched alkanes of at least 4 members (excludes halogenated alkanes) is 1. The third-order valence-electron chi connectivity index (χ3n) is 3.75. The molecule has 1 heteroatoms. The summed E-state index contributed by atoms with van der Waals surface area (Å²) in [6.07, 6.45) is 6.36. The summed E-state index contributed by atoms with van der Waals surface area (Å²) >= 11 is 3.49. The Bertz CT molecular complexity index is 487. The summed E-state index contributed by atoms with van der Waals surface area (Å²) in [6.45, 7) is 2.37. The Kier molecular flexibility index (Phi) is 6.32. The molecule has 0 amide bonds. The zero-order valence-electron chi connectivity index (χ0n) is 12.2. The molecule has 0 nitrogen and oxygen atoms in total. The van der Waals surface area contributed by atoms with Gasteiger partial charge in [0.05, 0.1) is 0 Å². The van der Waals surface area contributed by atoms with E-state index >= 15 is 0 Å². The van der Waals surface area contributed by atoms with Gasteiger partial charge in [0.2, 0.25) is 0 Å². The Balaban J connectivity index is 1.65. The van der Waals surface area contributed by atoms with Crippen molar-refractivity contribution in [1.29, 1.82) is 0 Å². The van der Waals surface area contributed by atoms with E-state index < -0.39 is 0 Å². The molecule has 0 saturated heterocycles. The predicted octanol–water partition coefficient (Wildman–Crippen LogP) is 6.04. The van der Waals surface area contributed by atoms with Gasteiger partial charge in [-0.25, -0.2) is 0 Å². The third-order valence-corrected chi connectivity index (χ3v) is 4.28. The molecule has 1 atom stereocenters. The van der Waals surface area contributed by atoms with Crippen LogP contribution in [0.15, 0.2) is 59.1 Å². The van der Waals surface area contributed by atoms with Crippen molar-refractivity contribution < 1.29 is 0 Å². The van der Waals surface area contributed by atoms with Crippen LogP contribution in [0.4, 0.5) is 0 Å². The number of hydrogen-bond donors (Lipinski definition) is 0. The fourth-order valence-corrected chi connectivity index (χ4v) is 2.86. The zero-order valence-corrected chi connectivity index (χ0v) is 13.8. The van der Waals surface area contributed by atoms with Gasteiger partial charge >= 0.3 is 0 Å². The zero-order chi connectivity index (χ0) is 14.2. The molecule has 106 valence electrons. The van der Waals surface area contributed by atoms with Crippen molar-refractivity contribution in [3.05, 3.63) is 70.2 Å². The highest BCUT2D eigenvalue weighted by Crippen LogP contribution is 2.18. The number of rotatable bonds is 7. The van der Waals surface area contributed by atoms with Crippen molar-refractivity contribution in [1.82, 2.24) is 0 Å². The Morgan fingerprint density at radius 2 is 1.55 bits per heavy atom. The summed E-state index contributed by atoms with van der Waals surface area (Å²) in [5.41, 5.74) is 2.91. The highest BCUT2D eigenvalue weighted by molar-refractivity contribution is 9.10. The number of aryl methyl sites for hydroxylation is 1. The summed E-state index contributed by atoms with van der Waals surface area (Å²) < 4.78 is 1.16. The van der Waals surface area contributed by atoms with Gasteiger partial charge in [0.15, 0.2) is 0 Å². The van der Waals surface area contributed by atoms with Crippen LogP contribution < -0.4 is 0 Å². The molecule has 0 N–H and O–H groups in total. The summed E-state index contributed by atoms with van der Waals surface area (Å²) in [6, 6.07) is 19.5. The SMILES string of the molecule is C[C@H](CCCCc1ccccc1)Cc1ccc(Br)cc1. The highest BCUT2D eigenvalue weighted by Gasteiger charge is 2.04. The van der Waals surface area contributed by atoms with Gasteiger partial charge in [0, 0.05) is 4.47 Å². The van der Waals surface area contributed by atoms with Gasteiger partial charge in [0.25, 0.3) is 0 Å². The van der Waals surface area contributed by atoms with E-state index in [1.165, 1.54) is 43.2 Å². The maximum Gasteiger partial charge on any atom is 0.0175 e. The van der Waals surface area contributed by atoms with Gasteiger partial charge in [-0.1, -0.05) is 78.2 Å². The second-order valence-electron chi connectivity index (χ2n) is 5.67. The van der Waals surface area contributed by atoms with Crippen molar-refractivity contribution in [2.24, 2.45) is 5.92 Å². The quantitative estimate of drug-likeness (QED) is 0.543. The molecule has 0 aromatic heterocycles. The van der Waals surface area contributed by atoms with Gasteiger partial charge in [-0.3, -0.25) is 0 Å². The fourth-order valence-electron chi connectivity index (χ4n) is 2.59. The first-order valence-corrected chi connectivity index (χ1v) is 8.31. The molecule has 0 bridgehead atoms. The third kappa shape index (κ3) is 5.50. The molecule has 0 aliphatic carbocycles. The summed E-state index contributed by atoms with van der Waals surface area (Å²) in [5.74, 6) is 0.770. The standard InChI is InChI=1S/C19H23Br/c1-16(15-18-11-13-19(20)14-12-18)7-5-6-10-17-8-3-2-4-9-17/h2-4,8-9,11-14,16H,5-7,10,15H2,1H3/t16-/m1/s1. The van der Waals surface area contributed by atoms with Crippen LogP contribution in [0.1, 0.15) is 37.3 Å². The lowest BCUT2D eigenvalue weighted by atomic mass is 9.95. The second-order valence-corrected chi connectivity index (χ2v) is 6.58. The van der Waals surface area contributed by atoms with Crippen LogP contribution in [0.25, 0.3) is 0 Å². The average molecular weight is 331 g/mol. The normalized spacial score (nSPS) is 12.3. The molecular weight excluding hydrogens is 308 g/mol. The van der Waals surface area contributed by atoms with Crippen molar-refractivity contribution in [2.45, 2.75) is 39.0 Å². The van der Waals surface area contributed by atoms with Crippen LogP contribution in [-0.4, -0.2) is 0 Å². The number of hydrogen-bond acceptors (Lipinski definition) is 0. The van der Waals surface area contributed by atoms with Gasteiger partial charge in [-0.2, -0.15) is 0 Å². The maximum absolute atomic E-state index is 3.49. The van der Waals surface area contributed by atoms with Crippen LogP contribution in [0.5, 0.6) is 0 Å². The molecule has 0 fully saturated rings. The van der Waals surface area contributed by atoms with E-state index in [9.17, 15) is 0 Å². The average Bonchev–Trinajstić information content (AvgIpc) is 2.47. The smallest absolute Gasteiger partial charge is 0.0175 e. The van der Waals surface area contributed by atoms with E-state index in [0.29, 0.717) is 0 Å². The largest absolute Gasteiger partial charge is 0.0622 e. The molecule has 2 aromatic carbocycles. The molecule has 0 heterocycles. The summed E-state index contributed by atoms with van der Waals surface area (Å²) in [5, 5.41) is 0. The highest BCUT2D eigenvalue weighted by atomic mass is 79.9. The van der Waals surface area contributed by atoms with E-state index in [-0.39, 0.29) is 0 Å². The van der Waals surface area contributed by atoms with Crippen LogP contribution in [0.3, 0.4) is 0 Å². The van der Waals surface area contributed by atoms with E-state index in [0.717, 1.165) is 10.4 Å². The first-order chi connectivity index (χ1) is 9.74. The monoisotopic (exact) mass is 330 g/mol. The lowest BCUT2D eigenvalue weighted by Gasteiger charge is -2.11. The first-order valence-electron chi connectivity index (χ1n) is 7.52. The van der Waals surface area contributed by atoms with E-state index in [4.69, 9.17) is 0 Å². The van der Waals surface area contributed by atoms with Crippen LogP contribution in [-0.2, 0) is 12.8 Å². The lowest BCUT2D eigenvalue weighted by Crippen LogP contribution is -2.00. The van der Waals surface area contributed by atoms with E-state index in [2.05, 4.69) is 77.5 Å². The molecule has 0 aliphatic heterocycles. The minimum absolute atomic E-state index is 0.770. The molecular formula is C19H23Br. The Morgan fingerprint density at radius 1 is 0.850 bits per heavy atom. The number of halogens is 1. The van der Waals surface area contributed by atoms with Crippen molar-refractivity contribution in [3.63, 3.8) is 0 Å². The van der Waals surface area contributed by atoms with Crippen LogP contribution in [0, 0.1) is 5.92 Å². The maximum atomic E-state index is 3.49. The molecule has 2 rings (SSSR count). The summed E-state index contributed by atoms with van der Waals surface area (Å²) in [4.78, 5) is 0. The molecule has 2 aromatic rings. The van der Waals surface area contributed by atoms with E-state index in [1.54, 1.807) is 0 Å². The van der Waals surface area contributed by atoms with Crippen LogP contribution >= 0.6 is 15.9 Å². The minimum Gasteiger partial charge on any atom is -0.0622 e. The first kappa shape index (κ1) is 15.3. The molecule has 0 radical (unpaired) electrons. The van der Waals surface area contributed by atoms with Crippen molar-refractivity contribution >= 4 is 15.9 Å². The lowest BCUT2D eigenvalue weighted by molar-refractivity contribution is 0.495. The van der Waals surface area contributed by atoms with E-state index in [1.807, 2.05) is 0 Å². The fraction of sp³-hybridized carbons (Fsp3) is 0.368. The molecule has 0 aliphatic rings. The number of benzene rings is 2. The van der Waals surface area contributed by atoms with Gasteiger partial charge in [-0.15, -0.1) is 0 Å². The molecule has 0 saturated carbocycles. The van der Waals surface area contributed by atoms with Gasteiger partial charge in [-0.05, 0) is 48.4 Å². The predicted molar refractivity (Wildman–Crippen MR) is 91.0 cm³/mol. The minimum atomic E-state index is 0.770. The van der Waals surface area contributed by atoms with Crippen molar-refractivity contribution in [2.75, 3.05) is 0 Å². The Morgan fingerprint density at radius 3 is 2.25 bits per heavy atom. The van der Waals surface area contributed by atoms with Gasteiger partial charge < -0.3 is 0 Å².